The van der Waals surface area contributed by atoms with Crippen LogP contribution in [-0.2, 0) is 12.8 Å². The van der Waals surface area contributed by atoms with Crippen molar-refractivity contribution < 1.29 is 0 Å². The minimum absolute atomic E-state index is 0.645. The maximum Gasteiger partial charge on any atom is 0.180 e. The van der Waals surface area contributed by atoms with E-state index in [9.17, 15) is 0 Å². The van der Waals surface area contributed by atoms with E-state index in [1.807, 2.05) is 0 Å². The molecule has 2 aliphatic carbocycles. The smallest absolute Gasteiger partial charge is 0.180 e. The number of thiazole rings is 1. The summed E-state index contributed by atoms with van der Waals surface area (Å²) in [5.41, 5.74) is 7.69. The van der Waals surface area contributed by atoms with E-state index in [1.54, 1.807) is 11.3 Å². The van der Waals surface area contributed by atoms with Gasteiger partial charge in [-0.1, -0.05) is 12.8 Å². The predicted molar refractivity (Wildman–Crippen MR) is 59.5 cm³/mol. The van der Waals surface area contributed by atoms with Crippen molar-refractivity contribution in [2.24, 2.45) is 5.41 Å². The van der Waals surface area contributed by atoms with E-state index >= 15 is 0 Å². The number of fused-ring (bicyclic) bond motifs is 1. The van der Waals surface area contributed by atoms with Crippen molar-refractivity contribution in [1.82, 2.24) is 4.98 Å². The summed E-state index contributed by atoms with van der Waals surface area (Å²) in [4.78, 5) is 5.88. The van der Waals surface area contributed by atoms with Gasteiger partial charge in [0.1, 0.15) is 0 Å². The molecule has 1 fully saturated rings. The van der Waals surface area contributed by atoms with Crippen LogP contribution in [0.4, 0.5) is 5.13 Å². The Kier molecular flexibility index (Phi) is 1.84. The molecule has 0 unspecified atom stereocenters. The van der Waals surface area contributed by atoms with Gasteiger partial charge in [-0.05, 0) is 37.5 Å². The molecule has 14 heavy (non-hydrogen) atoms. The molecule has 1 saturated carbocycles. The van der Waals surface area contributed by atoms with Gasteiger partial charge in [0.25, 0.3) is 0 Å². The van der Waals surface area contributed by atoms with E-state index in [0.29, 0.717) is 5.41 Å². The van der Waals surface area contributed by atoms with E-state index in [4.69, 9.17) is 5.73 Å². The van der Waals surface area contributed by atoms with Crippen LogP contribution in [0.1, 0.15) is 42.7 Å². The molecule has 0 radical (unpaired) electrons. The second-order valence-electron chi connectivity index (χ2n) is 4.81. The molecule has 2 N–H and O–H groups in total. The zero-order chi connectivity index (χ0) is 9.60. The lowest BCUT2D eigenvalue weighted by Gasteiger charge is -2.32. The third-order valence-corrected chi connectivity index (χ3v) is 4.81. The number of hydrogen-bond acceptors (Lipinski definition) is 3. The average Bonchev–Trinajstić information content (AvgIpc) is 2.72. The number of nitrogens with zero attached hydrogens (tertiary/aromatic N) is 1. The lowest BCUT2D eigenvalue weighted by molar-refractivity contribution is 0.256. The average molecular weight is 208 g/mol. The minimum Gasteiger partial charge on any atom is -0.375 e. The standard InChI is InChI=1S/C11H16N2S/c12-10-13-8-3-6-11(4-1-2-5-11)7-9(8)14-10/h1-7H2,(H2,12,13). The fourth-order valence-electron chi connectivity index (χ4n) is 3.10. The molecule has 3 rings (SSSR count). The number of rotatable bonds is 0. The SMILES string of the molecule is Nc1nc2c(s1)CC1(CCCC1)CC2. The molecule has 0 saturated heterocycles. The first-order chi connectivity index (χ1) is 6.77. The molecule has 0 aliphatic heterocycles. The van der Waals surface area contributed by atoms with E-state index in [1.165, 1.54) is 55.5 Å². The Morgan fingerprint density at radius 2 is 2.00 bits per heavy atom. The minimum atomic E-state index is 0.645. The first-order valence-corrected chi connectivity index (χ1v) is 6.33. The van der Waals surface area contributed by atoms with Gasteiger partial charge in [0.2, 0.25) is 0 Å². The van der Waals surface area contributed by atoms with E-state index in [-0.39, 0.29) is 0 Å². The van der Waals surface area contributed by atoms with Crippen molar-refractivity contribution in [3.63, 3.8) is 0 Å². The largest absolute Gasteiger partial charge is 0.375 e. The van der Waals surface area contributed by atoms with Gasteiger partial charge >= 0.3 is 0 Å². The van der Waals surface area contributed by atoms with Gasteiger partial charge in [0, 0.05) is 4.88 Å². The van der Waals surface area contributed by atoms with Gasteiger partial charge < -0.3 is 5.73 Å². The quantitative estimate of drug-likeness (QED) is 0.712. The molecule has 1 heterocycles. The Labute approximate surface area is 88.5 Å². The van der Waals surface area contributed by atoms with Crippen molar-refractivity contribution in [2.45, 2.75) is 44.9 Å². The highest BCUT2D eigenvalue weighted by Gasteiger charge is 2.38. The van der Waals surface area contributed by atoms with Crippen molar-refractivity contribution in [2.75, 3.05) is 5.73 Å². The maximum absolute atomic E-state index is 5.75. The van der Waals surface area contributed by atoms with Gasteiger partial charge in [0.05, 0.1) is 5.69 Å². The molecule has 1 spiro atoms. The summed E-state index contributed by atoms with van der Waals surface area (Å²) in [7, 11) is 0. The van der Waals surface area contributed by atoms with Crippen molar-refractivity contribution in [3.8, 4) is 0 Å². The number of nitrogen functional groups attached to an aromatic ring is 1. The van der Waals surface area contributed by atoms with Crippen molar-refractivity contribution in [3.05, 3.63) is 10.6 Å². The fraction of sp³-hybridized carbons (Fsp3) is 0.727. The fourth-order valence-corrected chi connectivity index (χ4v) is 4.15. The summed E-state index contributed by atoms with van der Waals surface area (Å²) in [6, 6.07) is 0. The Morgan fingerprint density at radius 1 is 1.21 bits per heavy atom. The van der Waals surface area contributed by atoms with E-state index in [2.05, 4.69) is 4.98 Å². The number of anilines is 1. The third kappa shape index (κ3) is 1.26. The number of nitrogens with two attached hydrogens (primary N) is 1. The summed E-state index contributed by atoms with van der Waals surface area (Å²) in [5.74, 6) is 0. The molecule has 76 valence electrons. The van der Waals surface area contributed by atoms with Gasteiger partial charge in [-0.15, -0.1) is 11.3 Å². The Morgan fingerprint density at radius 3 is 2.79 bits per heavy atom. The van der Waals surface area contributed by atoms with Crippen LogP contribution in [0.15, 0.2) is 0 Å². The molecule has 0 amide bonds. The first kappa shape index (κ1) is 8.72. The zero-order valence-electron chi connectivity index (χ0n) is 8.38. The molecule has 0 atom stereocenters. The number of aryl methyl sites for hydroxylation is 1. The van der Waals surface area contributed by atoms with Crippen LogP contribution in [-0.4, -0.2) is 4.98 Å². The maximum atomic E-state index is 5.75. The van der Waals surface area contributed by atoms with Crippen molar-refractivity contribution >= 4 is 16.5 Å². The van der Waals surface area contributed by atoms with Crippen LogP contribution >= 0.6 is 11.3 Å². The summed E-state index contributed by atoms with van der Waals surface area (Å²) in [5, 5.41) is 0.769. The molecule has 2 nitrogen and oxygen atoms in total. The molecular weight excluding hydrogens is 192 g/mol. The molecule has 0 aromatic carbocycles. The molecular formula is C11H16N2S. The normalized spacial score (nSPS) is 24.0. The van der Waals surface area contributed by atoms with Crippen LogP contribution in [0.3, 0.4) is 0 Å². The van der Waals surface area contributed by atoms with Crippen molar-refractivity contribution in [1.29, 1.82) is 0 Å². The summed E-state index contributed by atoms with van der Waals surface area (Å²) in [6.07, 6.45) is 9.52. The van der Waals surface area contributed by atoms with E-state index < -0.39 is 0 Å². The molecule has 3 heteroatoms. The van der Waals surface area contributed by atoms with Gasteiger partial charge in [0.15, 0.2) is 5.13 Å². The zero-order valence-corrected chi connectivity index (χ0v) is 9.20. The van der Waals surface area contributed by atoms with Crippen LogP contribution < -0.4 is 5.73 Å². The topological polar surface area (TPSA) is 38.9 Å². The second-order valence-corrected chi connectivity index (χ2v) is 5.92. The molecule has 1 aromatic heterocycles. The van der Waals surface area contributed by atoms with Crippen LogP contribution in [0, 0.1) is 5.41 Å². The summed E-state index contributed by atoms with van der Waals surface area (Å²) >= 11 is 1.72. The summed E-state index contributed by atoms with van der Waals surface area (Å²) < 4.78 is 0. The van der Waals surface area contributed by atoms with Crippen LogP contribution in [0.5, 0.6) is 0 Å². The van der Waals surface area contributed by atoms with E-state index in [0.717, 1.165) is 5.13 Å². The highest BCUT2D eigenvalue weighted by molar-refractivity contribution is 7.15. The molecule has 1 aromatic rings. The Bertz CT molecular complexity index is 350. The predicted octanol–water partition coefficient (Wildman–Crippen LogP) is 2.77. The third-order valence-electron chi connectivity index (χ3n) is 3.89. The number of hydrogen-bond donors (Lipinski definition) is 1. The van der Waals surface area contributed by atoms with Gasteiger partial charge in [-0.3, -0.25) is 0 Å². The Hall–Kier alpha value is -0.570. The Balaban J connectivity index is 1.92. The summed E-state index contributed by atoms with van der Waals surface area (Å²) in [6.45, 7) is 0. The van der Waals surface area contributed by atoms with Crippen LogP contribution in [0.25, 0.3) is 0 Å². The van der Waals surface area contributed by atoms with Crippen LogP contribution in [0.2, 0.25) is 0 Å². The second kappa shape index (κ2) is 2.96. The lowest BCUT2D eigenvalue weighted by atomic mass is 9.74. The van der Waals surface area contributed by atoms with Gasteiger partial charge in [-0.2, -0.15) is 0 Å². The first-order valence-electron chi connectivity index (χ1n) is 5.52. The molecule has 2 aliphatic rings. The highest BCUT2D eigenvalue weighted by Crippen LogP contribution is 2.48. The monoisotopic (exact) mass is 208 g/mol. The highest BCUT2D eigenvalue weighted by atomic mass is 32.1. The molecule has 0 bridgehead atoms. The lowest BCUT2D eigenvalue weighted by Crippen LogP contribution is -2.24. The van der Waals surface area contributed by atoms with Gasteiger partial charge in [-0.25, -0.2) is 4.98 Å². The number of aromatic nitrogens is 1.